The normalized spacial score (nSPS) is 22.8. The van der Waals surface area contributed by atoms with E-state index in [1.165, 1.54) is 9.75 Å². The van der Waals surface area contributed by atoms with Gasteiger partial charge in [0, 0.05) is 28.9 Å². The fourth-order valence-corrected chi connectivity index (χ4v) is 3.92. The van der Waals surface area contributed by atoms with Crippen LogP contribution in [0, 0.1) is 6.92 Å². The molecular formula is C15H25N3O2S. The van der Waals surface area contributed by atoms with E-state index >= 15 is 0 Å². The second kappa shape index (κ2) is 7.35. The summed E-state index contributed by atoms with van der Waals surface area (Å²) in [6.45, 7) is 8.45. The van der Waals surface area contributed by atoms with Gasteiger partial charge in [-0.25, -0.2) is 0 Å². The number of ether oxygens (including phenoxy) is 1. The standard InChI is InChI=1S/C15H25N3O2S/c1-4-17-15(19)12-9-20-8-7-18(12)14(11(3)16)13-6-5-10(2)21-13/h5-6,11-12,14H,4,7-9,16H2,1-3H3,(H,17,19). The van der Waals surface area contributed by atoms with E-state index in [0.29, 0.717) is 19.8 Å². The maximum atomic E-state index is 12.3. The first kappa shape index (κ1) is 16.4. The largest absolute Gasteiger partial charge is 0.378 e. The van der Waals surface area contributed by atoms with Gasteiger partial charge in [0.1, 0.15) is 6.04 Å². The third-order valence-electron chi connectivity index (χ3n) is 3.73. The molecule has 0 aliphatic carbocycles. The Bertz CT molecular complexity index is 475. The van der Waals surface area contributed by atoms with E-state index in [4.69, 9.17) is 10.5 Å². The topological polar surface area (TPSA) is 67.6 Å². The third kappa shape index (κ3) is 3.83. The van der Waals surface area contributed by atoms with E-state index in [1.807, 2.05) is 13.8 Å². The van der Waals surface area contributed by atoms with Crippen molar-refractivity contribution in [3.05, 3.63) is 21.9 Å². The molecule has 21 heavy (non-hydrogen) atoms. The zero-order valence-electron chi connectivity index (χ0n) is 13.0. The number of carbonyl (C=O) groups is 1. The van der Waals surface area contributed by atoms with Gasteiger partial charge in [0.2, 0.25) is 5.91 Å². The average molecular weight is 311 g/mol. The van der Waals surface area contributed by atoms with Crippen molar-refractivity contribution >= 4 is 17.2 Å². The predicted molar refractivity (Wildman–Crippen MR) is 85.4 cm³/mol. The predicted octanol–water partition coefficient (Wildman–Crippen LogP) is 1.28. The van der Waals surface area contributed by atoms with E-state index in [-0.39, 0.29) is 24.0 Å². The SMILES string of the molecule is CCNC(=O)C1COCCN1C(c1ccc(C)s1)C(C)N. The average Bonchev–Trinajstić information content (AvgIpc) is 2.85. The Morgan fingerprint density at radius 3 is 2.95 bits per heavy atom. The first-order chi connectivity index (χ1) is 10.0. The molecule has 1 saturated heterocycles. The van der Waals surface area contributed by atoms with Gasteiger partial charge in [0.05, 0.1) is 19.3 Å². The molecule has 1 amide bonds. The maximum Gasteiger partial charge on any atom is 0.239 e. The number of morpholine rings is 1. The van der Waals surface area contributed by atoms with Gasteiger partial charge in [0.25, 0.3) is 0 Å². The van der Waals surface area contributed by atoms with Crippen LogP contribution >= 0.6 is 11.3 Å². The summed E-state index contributed by atoms with van der Waals surface area (Å²) in [6, 6.07) is 3.98. The lowest BCUT2D eigenvalue weighted by Crippen LogP contribution is -2.57. The van der Waals surface area contributed by atoms with Gasteiger partial charge in [-0.05, 0) is 32.9 Å². The molecule has 5 nitrogen and oxygen atoms in total. The van der Waals surface area contributed by atoms with Gasteiger partial charge < -0.3 is 15.8 Å². The molecule has 6 heteroatoms. The Balaban J connectivity index is 2.25. The second-order valence-electron chi connectivity index (χ2n) is 5.48. The number of carbonyl (C=O) groups excluding carboxylic acids is 1. The highest BCUT2D eigenvalue weighted by Crippen LogP contribution is 2.32. The lowest BCUT2D eigenvalue weighted by atomic mass is 10.0. The summed E-state index contributed by atoms with van der Waals surface area (Å²) in [5, 5.41) is 2.90. The van der Waals surface area contributed by atoms with Crippen LogP contribution in [0.3, 0.4) is 0 Å². The number of hydrogen-bond donors (Lipinski definition) is 2. The fraction of sp³-hybridized carbons (Fsp3) is 0.667. The van der Waals surface area contributed by atoms with Crippen LogP contribution in [0.25, 0.3) is 0 Å². The minimum Gasteiger partial charge on any atom is -0.378 e. The molecule has 1 aromatic rings. The summed E-state index contributed by atoms with van der Waals surface area (Å²) in [4.78, 5) is 17.0. The molecule has 1 fully saturated rings. The van der Waals surface area contributed by atoms with Crippen LogP contribution in [0.2, 0.25) is 0 Å². The minimum absolute atomic E-state index is 0.0242. The van der Waals surface area contributed by atoms with Crippen LogP contribution in [0.4, 0.5) is 0 Å². The van der Waals surface area contributed by atoms with Gasteiger partial charge >= 0.3 is 0 Å². The number of nitrogens with zero attached hydrogens (tertiary/aromatic N) is 1. The number of thiophene rings is 1. The molecule has 0 saturated carbocycles. The van der Waals surface area contributed by atoms with Crippen molar-refractivity contribution in [3.63, 3.8) is 0 Å². The van der Waals surface area contributed by atoms with Gasteiger partial charge in [-0.15, -0.1) is 11.3 Å². The highest BCUT2D eigenvalue weighted by molar-refractivity contribution is 7.12. The molecule has 118 valence electrons. The van der Waals surface area contributed by atoms with E-state index in [1.54, 1.807) is 11.3 Å². The first-order valence-corrected chi connectivity index (χ1v) is 8.29. The Morgan fingerprint density at radius 2 is 2.38 bits per heavy atom. The zero-order valence-corrected chi connectivity index (χ0v) is 13.8. The summed E-state index contributed by atoms with van der Waals surface area (Å²) in [6.07, 6.45) is 0. The smallest absolute Gasteiger partial charge is 0.239 e. The summed E-state index contributed by atoms with van der Waals surface area (Å²) < 4.78 is 5.51. The van der Waals surface area contributed by atoms with Crippen LogP contribution in [0.5, 0.6) is 0 Å². The zero-order chi connectivity index (χ0) is 15.4. The van der Waals surface area contributed by atoms with Crippen LogP contribution in [0.15, 0.2) is 12.1 Å². The van der Waals surface area contributed by atoms with Crippen molar-refractivity contribution in [1.29, 1.82) is 0 Å². The second-order valence-corrected chi connectivity index (χ2v) is 6.79. The van der Waals surface area contributed by atoms with Gasteiger partial charge in [-0.3, -0.25) is 9.69 Å². The molecule has 3 atom stereocenters. The number of aryl methyl sites for hydroxylation is 1. The number of nitrogens with one attached hydrogen (secondary N) is 1. The Morgan fingerprint density at radius 1 is 1.62 bits per heavy atom. The van der Waals surface area contributed by atoms with Crippen molar-refractivity contribution in [2.45, 2.75) is 38.9 Å². The summed E-state index contributed by atoms with van der Waals surface area (Å²) in [5.41, 5.74) is 6.24. The number of hydrogen-bond acceptors (Lipinski definition) is 5. The lowest BCUT2D eigenvalue weighted by Gasteiger charge is -2.41. The molecule has 2 rings (SSSR count). The van der Waals surface area contributed by atoms with Gasteiger partial charge in [-0.2, -0.15) is 0 Å². The monoisotopic (exact) mass is 311 g/mol. The highest BCUT2D eigenvalue weighted by atomic mass is 32.1. The lowest BCUT2D eigenvalue weighted by molar-refractivity contribution is -0.135. The van der Waals surface area contributed by atoms with Crippen LogP contribution < -0.4 is 11.1 Å². The molecule has 0 spiro atoms. The van der Waals surface area contributed by atoms with Crippen LogP contribution in [-0.2, 0) is 9.53 Å². The minimum atomic E-state index is -0.267. The summed E-state index contributed by atoms with van der Waals surface area (Å²) in [7, 11) is 0. The van der Waals surface area contributed by atoms with E-state index in [0.717, 1.165) is 6.54 Å². The maximum absolute atomic E-state index is 12.3. The molecule has 1 aromatic heterocycles. The highest BCUT2D eigenvalue weighted by Gasteiger charge is 2.36. The molecule has 1 aliphatic rings. The summed E-state index contributed by atoms with van der Waals surface area (Å²) >= 11 is 1.75. The molecule has 3 N–H and O–H groups in total. The number of nitrogens with two attached hydrogens (primary N) is 1. The molecule has 0 radical (unpaired) electrons. The Labute approximate surface area is 130 Å². The van der Waals surface area contributed by atoms with Crippen LogP contribution in [-0.4, -0.2) is 49.2 Å². The van der Waals surface area contributed by atoms with Gasteiger partial charge in [-0.1, -0.05) is 0 Å². The number of amides is 1. The van der Waals surface area contributed by atoms with E-state index in [2.05, 4.69) is 29.3 Å². The van der Waals surface area contributed by atoms with Crippen molar-refractivity contribution in [2.75, 3.05) is 26.3 Å². The van der Waals surface area contributed by atoms with Crippen molar-refractivity contribution in [1.82, 2.24) is 10.2 Å². The van der Waals surface area contributed by atoms with E-state index < -0.39 is 0 Å². The molecule has 0 bridgehead atoms. The van der Waals surface area contributed by atoms with Crippen LogP contribution in [0.1, 0.15) is 29.6 Å². The summed E-state index contributed by atoms with van der Waals surface area (Å²) in [5.74, 6) is 0.0242. The van der Waals surface area contributed by atoms with Crippen molar-refractivity contribution in [3.8, 4) is 0 Å². The third-order valence-corrected chi connectivity index (χ3v) is 4.80. The molecule has 0 aromatic carbocycles. The van der Waals surface area contributed by atoms with E-state index in [9.17, 15) is 4.79 Å². The van der Waals surface area contributed by atoms with Gasteiger partial charge in [0.15, 0.2) is 0 Å². The fourth-order valence-electron chi connectivity index (χ4n) is 2.80. The number of likely N-dealkylation sites (N-methyl/N-ethyl adjacent to an activating group) is 1. The Kier molecular flexibility index (Phi) is 5.75. The quantitative estimate of drug-likeness (QED) is 0.860. The molecule has 1 aliphatic heterocycles. The molecular weight excluding hydrogens is 286 g/mol. The number of rotatable bonds is 5. The Hall–Kier alpha value is -0.950. The van der Waals surface area contributed by atoms with Crippen molar-refractivity contribution in [2.24, 2.45) is 5.73 Å². The molecule has 2 heterocycles. The molecule has 3 unspecified atom stereocenters. The first-order valence-electron chi connectivity index (χ1n) is 7.47. The van der Waals surface area contributed by atoms with Crippen molar-refractivity contribution < 1.29 is 9.53 Å².